The number of benzene rings is 2. The number of nitrogens with zero attached hydrogens (tertiary/aromatic N) is 2. The molecule has 1 saturated heterocycles. The van der Waals surface area contributed by atoms with Gasteiger partial charge in [-0.05, 0) is 62.4 Å². The van der Waals surface area contributed by atoms with Gasteiger partial charge < -0.3 is 15.0 Å². The molecule has 2 heterocycles. The molecule has 33 heavy (non-hydrogen) atoms. The molecule has 6 heteroatoms. The minimum atomic E-state index is -0.608. The van der Waals surface area contributed by atoms with Gasteiger partial charge in [-0.3, -0.25) is 14.5 Å². The molecule has 4 rings (SSSR count). The summed E-state index contributed by atoms with van der Waals surface area (Å²) in [6.45, 7) is 6.56. The maximum atomic E-state index is 13.3. The monoisotopic (exact) mass is 449 g/mol. The number of fused-ring (bicyclic) bond motifs is 1. The normalized spacial score (nSPS) is 22.8. The molecule has 0 radical (unpaired) electrons. The van der Waals surface area contributed by atoms with Crippen LogP contribution in [0.4, 0.5) is 0 Å². The molecular weight excluding hydrogens is 414 g/mol. The van der Waals surface area contributed by atoms with Gasteiger partial charge in [-0.1, -0.05) is 36.8 Å². The quantitative estimate of drug-likeness (QED) is 0.615. The molecule has 0 spiro atoms. The predicted molar refractivity (Wildman–Crippen MR) is 129 cm³/mol. The Balaban J connectivity index is 1.42. The number of methoxy groups -OCH3 is 1. The Morgan fingerprint density at radius 1 is 1.06 bits per heavy atom. The van der Waals surface area contributed by atoms with Crippen LogP contribution in [0.3, 0.4) is 0 Å². The van der Waals surface area contributed by atoms with E-state index in [0.717, 1.165) is 29.8 Å². The summed E-state index contributed by atoms with van der Waals surface area (Å²) >= 11 is 0. The Morgan fingerprint density at radius 2 is 1.76 bits per heavy atom. The lowest BCUT2D eigenvalue weighted by Gasteiger charge is -2.39. The van der Waals surface area contributed by atoms with Gasteiger partial charge in [0.05, 0.1) is 7.11 Å². The number of rotatable bonds is 8. The van der Waals surface area contributed by atoms with E-state index in [2.05, 4.69) is 24.1 Å². The van der Waals surface area contributed by atoms with E-state index in [9.17, 15) is 9.59 Å². The van der Waals surface area contributed by atoms with Crippen molar-refractivity contribution >= 4 is 11.8 Å². The summed E-state index contributed by atoms with van der Waals surface area (Å²) in [6.07, 6.45) is 4.70. The third-order valence-electron chi connectivity index (χ3n) is 7.09. The third kappa shape index (κ3) is 5.06. The van der Waals surface area contributed by atoms with Gasteiger partial charge in [0.2, 0.25) is 5.91 Å². The highest BCUT2D eigenvalue weighted by atomic mass is 16.5. The molecule has 3 atom stereocenters. The molecule has 2 aromatic carbocycles. The van der Waals surface area contributed by atoms with E-state index in [1.807, 2.05) is 48.5 Å². The largest absolute Gasteiger partial charge is 0.497 e. The minimum Gasteiger partial charge on any atom is -0.497 e. The summed E-state index contributed by atoms with van der Waals surface area (Å²) in [5, 5.41) is 3.11. The fourth-order valence-corrected chi connectivity index (χ4v) is 5.23. The number of nitrogens with one attached hydrogen (secondary N) is 1. The van der Waals surface area contributed by atoms with E-state index in [0.29, 0.717) is 30.7 Å². The lowest BCUT2D eigenvalue weighted by Crippen LogP contribution is -2.45. The van der Waals surface area contributed by atoms with Crippen LogP contribution in [-0.4, -0.2) is 53.9 Å². The Kier molecular flexibility index (Phi) is 7.33. The molecule has 0 saturated carbocycles. The van der Waals surface area contributed by atoms with Crippen molar-refractivity contribution in [2.24, 2.45) is 0 Å². The number of amides is 2. The number of ether oxygens (including phenoxy) is 1. The molecule has 0 unspecified atom stereocenters. The van der Waals surface area contributed by atoms with Crippen molar-refractivity contribution in [1.82, 2.24) is 15.1 Å². The van der Waals surface area contributed by atoms with E-state index < -0.39 is 6.04 Å². The van der Waals surface area contributed by atoms with Crippen molar-refractivity contribution in [2.75, 3.05) is 20.2 Å². The fraction of sp³-hybridized carbons (Fsp3) is 0.481. The second-order valence-corrected chi connectivity index (χ2v) is 9.28. The van der Waals surface area contributed by atoms with Crippen molar-refractivity contribution in [3.05, 3.63) is 65.2 Å². The van der Waals surface area contributed by atoms with Crippen molar-refractivity contribution in [2.45, 2.75) is 64.2 Å². The molecule has 6 nitrogen and oxygen atoms in total. The lowest BCUT2D eigenvalue weighted by molar-refractivity contribution is -0.125. The highest BCUT2D eigenvalue weighted by Gasteiger charge is 2.40. The molecule has 2 aromatic rings. The standard InChI is InChI=1S/C27H35N3O3/c1-19-8-6-9-20(2)29(19)17-7-16-28-26(31)25-23-10-4-5-11-24(23)27(32)30(25)18-21-12-14-22(33-3)15-13-21/h4-5,10-15,19-20,25H,6-9,16-18H2,1-3H3,(H,28,31)/t19-,20+,25-/m1/s1. The summed E-state index contributed by atoms with van der Waals surface area (Å²) in [5.74, 6) is 0.556. The maximum Gasteiger partial charge on any atom is 0.255 e. The van der Waals surface area contributed by atoms with Gasteiger partial charge in [0.25, 0.3) is 5.91 Å². The molecular formula is C27H35N3O3. The molecule has 0 bridgehead atoms. The van der Waals surface area contributed by atoms with Crippen molar-refractivity contribution in [1.29, 1.82) is 0 Å². The Bertz CT molecular complexity index is 965. The molecule has 2 amide bonds. The van der Waals surface area contributed by atoms with Crippen LogP contribution in [0, 0.1) is 0 Å². The summed E-state index contributed by atoms with van der Waals surface area (Å²) in [4.78, 5) is 30.7. The molecule has 0 aliphatic carbocycles. The number of carbonyl (C=O) groups excluding carboxylic acids is 2. The van der Waals surface area contributed by atoms with Crippen LogP contribution in [0.25, 0.3) is 0 Å². The van der Waals surface area contributed by atoms with E-state index in [-0.39, 0.29) is 11.8 Å². The summed E-state index contributed by atoms with van der Waals surface area (Å²) in [5.41, 5.74) is 2.36. The van der Waals surface area contributed by atoms with Crippen LogP contribution in [-0.2, 0) is 11.3 Å². The first-order chi connectivity index (χ1) is 16.0. The van der Waals surface area contributed by atoms with Crippen LogP contribution in [0.2, 0.25) is 0 Å². The highest BCUT2D eigenvalue weighted by molar-refractivity contribution is 6.04. The molecule has 176 valence electrons. The van der Waals surface area contributed by atoms with Gasteiger partial charge in [-0.2, -0.15) is 0 Å². The molecule has 0 aromatic heterocycles. The molecule has 1 N–H and O–H groups in total. The van der Waals surface area contributed by atoms with Crippen LogP contribution in [0.15, 0.2) is 48.5 Å². The van der Waals surface area contributed by atoms with Crippen LogP contribution in [0.1, 0.15) is 67.1 Å². The minimum absolute atomic E-state index is 0.0995. The average molecular weight is 450 g/mol. The second-order valence-electron chi connectivity index (χ2n) is 9.28. The smallest absolute Gasteiger partial charge is 0.255 e. The average Bonchev–Trinajstić information content (AvgIpc) is 3.10. The molecule has 1 fully saturated rings. The maximum absolute atomic E-state index is 13.3. The number of likely N-dealkylation sites (tertiary alicyclic amines) is 1. The van der Waals surface area contributed by atoms with Gasteiger partial charge in [-0.25, -0.2) is 0 Å². The predicted octanol–water partition coefficient (Wildman–Crippen LogP) is 4.16. The zero-order chi connectivity index (χ0) is 23.4. The van der Waals surface area contributed by atoms with Gasteiger partial charge in [-0.15, -0.1) is 0 Å². The van der Waals surface area contributed by atoms with E-state index in [4.69, 9.17) is 4.74 Å². The summed E-state index contributed by atoms with van der Waals surface area (Å²) < 4.78 is 5.23. The highest BCUT2D eigenvalue weighted by Crippen LogP contribution is 2.35. The van der Waals surface area contributed by atoms with Crippen molar-refractivity contribution in [3.8, 4) is 5.75 Å². The van der Waals surface area contributed by atoms with Gasteiger partial charge >= 0.3 is 0 Å². The molecule has 2 aliphatic rings. The Labute approximate surface area is 196 Å². The van der Waals surface area contributed by atoms with Crippen molar-refractivity contribution < 1.29 is 14.3 Å². The summed E-state index contributed by atoms with van der Waals surface area (Å²) in [7, 11) is 1.63. The number of carbonyl (C=O) groups is 2. The SMILES string of the molecule is COc1ccc(CN2C(=O)c3ccccc3[C@@H]2C(=O)NCCCN2[C@H](C)CCC[C@@H]2C)cc1. The zero-order valence-electron chi connectivity index (χ0n) is 19.9. The van der Waals surface area contributed by atoms with Crippen LogP contribution in [0.5, 0.6) is 5.75 Å². The van der Waals surface area contributed by atoms with E-state index >= 15 is 0 Å². The Hall–Kier alpha value is -2.86. The second kappa shape index (κ2) is 10.4. The Morgan fingerprint density at radius 3 is 2.45 bits per heavy atom. The van der Waals surface area contributed by atoms with Gasteiger partial charge in [0.1, 0.15) is 11.8 Å². The zero-order valence-corrected chi connectivity index (χ0v) is 19.9. The fourth-order valence-electron chi connectivity index (χ4n) is 5.23. The lowest BCUT2D eigenvalue weighted by atomic mass is 9.97. The third-order valence-corrected chi connectivity index (χ3v) is 7.09. The van der Waals surface area contributed by atoms with Gasteiger partial charge in [0.15, 0.2) is 0 Å². The number of hydrogen-bond donors (Lipinski definition) is 1. The van der Waals surface area contributed by atoms with Crippen LogP contribution >= 0.6 is 0 Å². The number of hydrogen-bond acceptors (Lipinski definition) is 4. The van der Waals surface area contributed by atoms with E-state index in [1.165, 1.54) is 19.3 Å². The first-order valence-electron chi connectivity index (χ1n) is 12.1. The van der Waals surface area contributed by atoms with Crippen molar-refractivity contribution in [3.63, 3.8) is 0 Å². The number of piperidine rings is 1. The topological polar surface area (TPSA) is 61.9 Å². The van der Waals surface area contributed by atoms with Crippen LogP contribution < -0.4 is 10.1 Å². The first kappa shape index (κ1) is 23.3. The first-order valence-corrected chi connectivity index (χ1v) is 12.1. The van der Waals surface area contributed by atoms with Gasteiger partial charge in [0, 0.05) is 37.3 Å². The van der Waals surface area contributed by atoms with E-state index in [1.54, 1.807) is 12.0 Å². The molecule has 2 aliphatic heterocycles. The summed E-state index contributed by atoms with van der Waals surface area (Å²) in [6, 6.07) is 15.7.